The summed E-state index contributed by atoms with van der Waals surface area (Å²) >= 11 is 0. The molecule has 1 aromatic heterocycles. The predicted octanol–water partition coefficient (Wildman–Crippen LogP) is 2.59. The van der Waals surface area contributed by atoms with Crippen LogP contribution in [-0.4, -0.2) is 16.3 Å². The highest BCUT2D eigenvalue weighted by Crippen LogP contribution is 2.57. The minimum Gasteiger partial charge on any atom is -0.469 e. The summed E-state index contributed by atoms with van der Waals surface area (Å²) in [6.07, 6.45) is 3.63. The second-order valence-corrected chi connectivity index (χ2v) is 6.36. The Balaban J connectivity index is 2.09. The molecule has 5 unspecified atom stereocenters. The van der Waals surface area contributed by atoms with Gasteiger partial charge in [-0.1, -0.05) is 13.8 Å². The van der Waals surface area contributed by atoms with Crippen molar-refractivity contribution < 1.29 is 14.6 Å². The highest BCUT2D eigenvalue weighted by molar-refractivity contribution is 5.34. The van der Waals surface area contributed by atoms with Gasteiger partial charge in [0.05, 0.1) is 18.5 Å². The number of furan rings is 1. The Kier molecular flexibility index (Phi) is 2.62. The summed E-state index contributed by atoms with van der Waals surface area (Å²) in [5, 5.41) is 20.9. The molecule has 0 spiro atoms. The number of fused-ring (bicyclic) bond motifs is 2. The number of aliphatic hydroxyl groups is 2. The molecule has 2 aliphatic rings. The Morgan fingerprint density at radius 1 is 1.33 bits per heavy atom. The molecule has 0 bridgehead atoms. The molecule has 2 N–H and O–H groups in total. The van der Waals surface area contributed by atoms with Crippen LogP contribution in [-0.2, 0) is 6.42 Å². The van der Waals surface area contributed by atoms with Crippen molar-refractivity contribution in [2.45, 2.75) is 52.2 Å². The van der Waals surface area contributed by atoms with Gasteiger partial charge in [-0.2, -0.15) is 0 Å². The summed E-state index contributed by atoms with van der Waals surface area (Å²) < 4.78 is 5.59. The van der Waals surface area contributed by atoms with E-state index in [1.165, 1.54) is 0 Å². The molecule has 0 aliphatic heterocycles. The fraction of sp³-hybridized carbons (Fsp3) is 0.733. The van der Waals surface area contributed by atoms with Crippen LogP contribution in [0, 0.1) is 24.2 Å². The van der Waals surface area contributed by atoms with E-state index in [0.29, 0.717) is 5.92 Å². The molecule has 18 heavy (non-hydrogen) atoms. The van der Waals surface area contributed by atoms with Gasteiger partial charge in [0.1, 0.15) is 5.76 Å². The average Bonchev–Trinajstić information content (AvgIpc) is 2.70. The Labute approximate surface area is 108 Å². The Morgan fingerprint density at radius 3 is 2.78 bits per heavy atom. The van der Waals surface area contributed by atoms with E-state index in [9.17, 15) is 10.2 Å². The van der Waals surface area contributed by atoms with Crippen LogP contribution < -0.4 is 0 Å². The number of rotatable bonds is 0. The molecule has 1 heterocycles. The highest BCUT2D eigenvalue weighted by Gasteiger charge is 2.54. The van der Waals surface area contributed by atoms with Gasteiger partial charge >= 0.3 is 0 Å². The molecule has 0 amide bonds. The zero-order valence-electron chi connectivity index (χ0n) is 11.3. The van der Waals surface area contributed by atoms with Gasteiger partial charge in [-0.15, -0.1) is 0 Å². The third-order valence-electron chi connectivity index (χ3n) is 5.65. The van der Waals surface area contributed by atoms with Gasteiger partial charge < -0.3 is 14.6 Å². The first-order valence-corrected chi connectivity index (χ1v) is 6.89. The van der Waals surface area contributed by atoms with Crippen LogP contribution in [0.3, 0.4) is 0 Å². The Hall–Kier alpha value is -0.800. The normalized spacial score (nSPS) is 43.4. The molecule has 3 heteroatoms. The summed E-state index contributed by atoms with van der Waals surface area (Å²) in [6, 6.07) is 0. The van der Waals surface area contributed by atoms with Crippen molar-refractivity contribution in [1.29, 1.82) is 0 Å². The van der Waals surface area contributed by atoms with E-state index in [-0.39, 0.29) is 17.4 Å². The lowest BCUT2D eigenvalue weighted by Crippen LogP contribution is -2.51. The fourth-order valence-corrected chi connectivity index (χ4v) is 4.08. The van der Waals surface area contributed by atoms with Gasteiger partial charge in [-0.05, 0) is 37.2 Å². The summed E-state index contributed by atoms with van der Waals surface area (Å²) in [5.74, 6) is 1.48. The predicted molar refractivity (Wildman–Crippen MR) is 68.1 cm³/mol. The Morgan fingerprint density at radius 2 is 2.06 bits per heavy atom. The second kappa shape index (κ2) is 3.84. The van der Waals surface area contributed by atoms with Crippen molar-refractivity contribution >= 4 is 0 Å². The van der Waals surface area contributed by atoms with Crippen molar-refractivity contribution in [1.82, 2.24) is 0 Å². The second-order valence-electron chi connectivity index (χ2n) is 6.36. The molecule has 0 aromatic carbocycles. The highest BCUT2D eigenvalue weighted by atomic mass is 16.3. The maximum absolute atomic E-state index is 10.8. The lowest BCUT2D eigenvalue weighted by molar-refractivity contribution is -0.128. The average molecular weight is 250 g/mol. The summed E-state index contributed by atoms with van der Waals surface area (Å²) in [6.45, 7) is 6.18. The molecule has 3 nitrogen and oxygen atoms in total. The number of hydrogen-bond donors (Lipinski definition) is 2. The Bertz CT molecular complexity index is 464. The van der Waals surface area contributed by atoms with Gasteiger partial charge in [0.25, 0.3) is 0 Å². The first-order chi connectivity index (χ1) is 8.46. The quantitative estimate of drug-likeness (QED) is 0.744. The van der Waals surface area contributed by atoms with E-state index in [2.05, 4.69) is 13.8 Å². The van der Waals surface area contributed by atoms with E-state index < -0.39 is 6.10 Å². The SMILES string of the molecule is Cc1coc2c1C(O)C1(C)C(CCC(O)C1C)C2. The van der Waals surface area contributed by atoms with Gasteiger partial charge in [-0.25, -0.2) is 0 Å². The third-order valence-corrected chi connectivity index (χ3v) is 5.65. The molecule has 1 fully saturated rings. The maximum Gasteiger partial charge on any atom is 0.110 e. The van der Waals surface area contributed by atoms with Crippen LogP contribution in [0.25, 0.3) is 0 Å². The minimum atomic E-state index is -0.519. The molecule has 1 saturated carbocycles. The molecule has 5 atom stereocenters. The van der Waals surface area contributed by atoms with Crippen LogP contribution in [0.4, 0.5) is 0 Å². The van der Waals surface area contributed by atoms with Gasteiger partial charge in [0, 0.05) is 17.4 Å². The summed E-state index contributed by atoms with van der Waals surface area (Å²) in [7, 11) is 0. The maximum atomic E-state index is 10.8. The molecule has 100 valence electrons. The molecule has 0 radical (unpaired) electrons. The third kappa shape index (κ3) is 1.38. The van der Waals surface area contributed by atoms with E-state index in [1.807, 2.05) is 6.92 Å². The molecule has 0 saturated heterocycles. The number of aryl methyl sites for hydroxylation is 1. The van der Waals surface area contributed by atoms with Crippen molar-refractivity contribution in [3.63, 3.8) is 0 Å². The van der Waals surface area contributed by atoms with Crippen LogP contribution in [0.15, 0.2) is 10.7 Å². The van der Waals surface area contributed by atoms with Crippen LogP contribution >= 0.6 is 0 Å². The monoisotopic (exact) mass is 250 g/mol. The standard InChI is InChI=1S/C15H22O3/c1-8-7-18-12-6-10-4-5-11(16)9(2)15(10,3)14(17)13(8)12/h7,9-11,14,16-17H,4-6H2,1-3H3. The molecular formula is C15H22O3. The van der Waals surface area contributed by atoms with E-state index in [1.54, 1.807) is 6.26 Å². The summed E-state index contributed by atoms with van der Waals surface area (Å²) in [5.41, 5.74) is 1.76. The number of hydrogen-bond acceptors (Lipinski definition) is 3. The van der Waals surface area contributed by atoms with Crippen LogP contribution in [0.2, 0.25) is 0 Å². The van der Waals surface area contributed by atoms with E-state index in [0.717, 1.165) is 36.1 Å². The molecule has 1 aromatic rings. The minimum absolute atomic E-state index is 0.119. The number of aliphatic hydroxyl groups excluding tert-OH is 2. The smallest absolute Gasteiger partial charge is 0.110 e. The van der Waals surface area contributed by atoms with Crippen LogP contribution in [0.5, 0.6) is 0 Å². The topological polar surface area (TPSA) is 53.6 Å². The fourth-order valence-electron chi connectivity index (χ4n) is 4.08. The molecule has 3 rings (SSSR count). The lowest BCUT2D eigenvalue weighted by Gasteiger charge is -2.53. The van der Waals surface area contributed by atoms with Crippen molar-refractivity contribution in [3.8, 4) is 0 Å². The lowest BCUT2D eigenvalue weighted by atomic mass is 9.53. The van der Waals surface area contributed by atoms with Gasteiger partial charge in [-0.3, -0.25) is 0 Å². The van der Waals surface area contributed by atoms with Crippen molar-refractivity contribution in [2.75, 3.05) is 0 Å². The first-order valence-electron chi connectivity index (χ1n) is 6.89. The van der Waals surface area contributed by atoms with Crippen molar-refractivity contribution in [3.05, 3.63) is 23.2 Å². The van der Waals surface area contributed by atoms with Gasteiger partial charge in [0.15, 0.2) is 0 Å². The zero-order valence-corrected chi connectivity index (χ0v) is 11.3. The van der Waals surface area contributed by atoms with Gasteiger partial charge in [0.2, 0.25) is 0 Å². The zero-order chi connectivity index (χ0) is 13.1. The van der Waals surface area contributed by atoms with E-state index in [4.69, 9.17) is 4.42 Å². The first kappa shape index (κ1) is 12.2. The van der Waals surface area contributed by atoms with Crippen LogP contribution in [0.1, 0.15) is 49.7 Å². The molecular weight excluding hydrogens is 228 g/mol. The van der Waals surface area contributed by atoms with Crippen molar-refractivity contribution in [2.24, 2.45) is 17.3 Å². The molecule has 2 aliphatic carbocycles. The largest absolute Gasteiger partial charge is 0.469 e. The van der Waals surface area contributed by atoms with E-state index >= 15 is 0 Å². The summed E-state index contributed by atoms with van der Waals surface area (Å²) in [4.78, 5) is 0.